The number of halogens is 1. The molecule has 1 aliphatic rings. The molecule has 1 aromatic carbocycles. The van der Waals surface area contributed by atoms with Crippen molar-refractivity contribution in [3.05, 3.63) is 34.9 Å². The monoisotopic (exact) mass is 251 g/mol. The quantitative estimate of drug-likeness (QED) is 0.845. The minimum atomic E-state index is 0.333. The predicted molar refractivity (Wildman–Crippen MR) is 74.7 cm³/mol. The summed E-state index contributed by atoms with van der Waals surface area (Å²) in [5, 5.41) is 4.49. The highest BCUT2D eigenvalue weighted by molar-refractivity contribution is 6.30. The lowest BCUT2D eigenvalue weighted by molar-refractivity contribution is 0.0695. The first-order chi connectivity index (χ1) is 8.05. The Bertz CT molecular complexity index is 386. The third kappa shape index (κ3) is 2.51. The van der Waals surface area contributed by atoms with Crippen LogP contribution < -0.4 is 5.32 Å². The Morgan fingerprint density at radius 2 is 2.18 bits per heavy atom. The second-order valence-corrected chi connectivity index (χ2v) is 6.11. The van der Waals surface area contributed by atoms with Gasteiger partial charge in [0.2, 0.25) is 0 Å². The van der Waals surface area contributed by atoms with Crippen LogP contribution in [0.4, 0.5) is 0 Å². The maximum Gasteiger partial charge on any atom is 0.0408 e. The molecule has 1 nitrogen and oxygen atoms in total. The van der Waals surface area contributed by atoms with Crippen LogP contribution in [0.25, 0.3) is 0 Å². The molecule has 1 N–H and O–H groups in total. The first kappa shape index (κ1) is 12.9. The van der Waals surface area contributed by atoms with Crippen molar-refractivity contribution in [2.45, 2.75) is 45.6 Å². The van der Waals surface area contributed by atoms with Crippen molar-refractivity contribution in [3.63, 3.8) is 0 Å². The van der Waals surface area contributed by atoms with E-state index < -0.39 is 0 Å². The standard InChI is InChI=1S/C15H22ClN/c1-4-8-17-14-10-13(15(14,2)3)11-6-5-7-12(16)9-11/h5-7,9,13-14,17H,4,8,10H2,1-3H3. The van der Waals surface area contributed by atoms with Gasteiger partial charge in [0.25, 0.3) is 0 Å². The molecule has 0 spiro atoms. The highest BCUT2D eigenvalue weighted by atomic mass is 35.5. The van der Waals surface area contributed by atoms with Gasteiger partial charge in [-0.05, 0) is 48.4 Å². The van der Waals surface area contributed by atoms with Crippen molar-refractivity contribution in [2.75, 3.05) is 6.54 Å². The minimum absolute atomic E-state index is 0.333. The predicted octanol–water partition coefficient (Wildman–Crippen LogP) is 4.22. The van der Waals surface area contributed by atoms with Gasteiger partial charge in [-0.15, -0.1) is 0 Å². The molecule has 0 aliphatic heterocycles. The van der Waals surface area contributed by atoms with E-state index in [0.717, 1.165) is 11.6 Å². The fraction of sp³-hybridized carbons (Fsp3) is 0.600. The molecule has 0 bridgehead atoms. The van der Waals surface area contributed by atoms with Crippen LogP contribution >= 0.6 is 11.6 Å². The SMILES string of the molecule is CCCNC1CC(c2cccc(Cl)c2)C1(C)C. The number of rotatable bonds is 4. The Balaban J connectivity index is 2.06. The van der Waals surface area contributed by atoms with Gasteiger partial charge in [-0.1, -0.05) is 44.5 Å². The van der Waals surface area contributed by atoms with Crippen molar-refractivity contribution in [3.8, 4) is 0 Å². The average molecular weight is 252 g/mol. The van der Waals surface area contributed by atoms with Crippen molar-refractivity contribution >= 4 is 11.6 Å². The lowest BCUT2D eigenvalue weighted by atomic mass is 9.56. The van der Waals surface area contributed by atoms with Gasteiger partial charge in [-0.3, -0.25) is 0 Å². The molecular weight excluding hydrogens is 230 g/mol. The van der Waals surface area contributed by atoms with E-state index in [4.69, 9.17) is 11.6 Å². The van der Waals surface area contributed by atoms with E-state index in [0.29, 0.717) is 17.4 Å². The van der Waals surface area contributed by atoms with Crippen LogP contribution in [-0.2, 0) is 0 Å². The minimum Gasteiger partial charge on any atom is -0.313 e. The van der Waals surface area contributed by atoms with Gasteiger partial charge in [-0.25, -0.2) is 0 Å². The third-order valence-corrected chi connectivity index (χ3v) is 4.39. The molecule has 2 unspecified atom stereocenters. The van der Waals surface area contributed by atoms with E-state index in [2.05, 4.69) is 44.3 Å². The first-order valence-electron chi connectivity index (χ1n) is 6.54. The van der Waals surface area contributed by atoms with E-state index in [1.807, 2.05) is 6.07 Å². The topological polar surface area (TPSA) is 12.0 Å². The molecule has 0 aromatic heterocycles. The lowest BCUT2D eigenvalue weighted by Crippen LogP contribution is -2.55. The third-order valence-electron chi connectivity index (χ3n) is 4.16. The Labute approximate surface area is 110 Å². The molecule has 2 heteroatoms. The summed E-state index contributed by atoms with van der Waals surface area (Å²) in [4.78, 5) is 0. The van der Waals surface area contributed by atoms with Crippen LogP contribution in [0.3, 0.4) is 0 Å². The van der Waals surface area contributed by atoms with E-state index >= 15 is 0 Å². The zero-order valence-electron chi connectivity index (χ0n) is 11.0. The number of hydrogen-bond donors (Lipinski definition) is 1. The smallest absolute Gasteiger partial charge is 0.0408 e. The van der Waals surface area contributed by atoms with Crippen LogP contribution in [0, 0.1) is 5.41 Å². The number of hydrogen-bond acceptors (Lipinski definition) is 1. The fourth-order valence-corrected chi connectivity index (χ4v) is 3.08. The summed E-state index contributed by atoms with van der Waals surface area (Å²) >= 11 is 6.07. The van der Waals surface area contributed by atoms with Crippen LogP contribution in [-0.4, -0.2) is 12.6 Å². The Kier molecular flexibility index (Phi) is 3.79. The summed E-state index contributed by atoms with van der Waals surface area (Å²) in [6.07, 6.45) is 2.43. The highest BCUT2D eigenvalue weighted by Gasteiger charge is 2.48. The van der Waals surface area contributed by atoms with Gasteiger partial charge < -0.3 is 5.32 Å². The zero-order chi connectivity index (χ0) is 12.5. The van der Waals surface area contributed by atoms with Gasteiger partial charge in [0.15, 0.2) is 0 Å². The summed E-state index contributed by atoms with van der Waals surface area (Å²) in [7, 11) is 0. The molecule has 0 heterocycles. The van der Waals surface area contributed by atoms with Gasteiger partial charge >= 0.3 is 0 Å². The molecule has 1 fully saturated rings. The summed E-state index contributed by atoms with van der Waals surface area (Å²) in [6.45, 7) is 8.05. The molecule has 17 heavy (non-hydrogen) atoms. The van der Waals surface area contributed by atoms with Gasteiger partial charge in [0, 0.05) is 11.1 Å². The summed E-state index contributed by atoms with van der Waals surface area (Å²) in [5.41, 5.74) is 1.72. The largest absolute Gasteiger partial charge is 0.313 e. The number of nitrogens with one attached hydrogen (secondary N) is 1. The van der Waals surface area contributed by atoms with E-state index in [1.165, 1.54) is 18.4 Å². The normalized spacial score (nSPS) is 26.6. The zero-order valence-corrected chi connectivity index (χ0v) is 11.7. The molecule has 0 saturated heterocycles. The average Bonchev–Trinajstić information content (AvgIpc) is 2.28. The Morgan fingerprint density at radius 3 is 2.76 bits per heavy atom. The van der Waals surface area contributed by atoms with Gasteiger partial charge in [0.05, 0.1) is 0 Å². The molecule has 1 aliphatic carbocycles. The molecule has 0 amide bonds. The van der Waals surface area contributed by atoms with Crippen molar-refractivity contribution < 1.29 is 0 Å². The highest BCUT2D eigenvalue weighted by Crippen LogP contribution is 2.52. The van der Waals surface area contributed by atoms with E-state index in [9.17, 15) is 0 Å². The van der Waals surface area contributed by atoms with Crippen molar-refractivity contribution in [1.29, 1.82) is 0 Å². The summed E-state index contributed by atoms with van der Waals surface area (Å²) < 4.78 is 0. The van der Waals surface area contributed by atoms with Crippen molar-refractivity contribution in [2.24, 2.45) is 5.41 Å². The molecule has 1 saturated carbocycles. The molecule has 2 rings (SSSR count). The van der Waals surface area contributed by atoms with Crippen LogP contribution in [0.1, 0.15) is 45.1 Å². The summed E-state index contributed by atoms with van der Waals surface area (Å²) in [5.74, 6) is 0.635. The second kappa shape index (κ2) is 4.99. The van der Waals surface area contributed by atoms with E-state index in [1.54, 1.807) is 0 Å². The maximum atomic E-state index is 6.07. The van der Waals surface area contributed by atoms with E-state index in [-0.39, 0.29) is 0 Å². The number of benzene rings is 1. The maximum absolute atomic E-state index is 6.07. The molecule has 94 valence electrons. The van der Waals surface area contributed by atoms with Crippen LogP contribution in [0.15, 0.2) is 24.3 Å². The molecule has 2 atom stereocenters. The molecule has 1 aromatic rings. The van der Waals surface area contributed by atoms with Gasteiger partial charge in [-0.2, -0.15) is 0 Å². The van der Waals surface area contributed by atoms with Gasteiger partial charge in [0.1, 0.15) is 0 Å². The second-order valence-electron chi connectivity index (χ2n) is 5.67. The van der Waals surface area contributed by atoms with Crippen LogP contribution in [0.2, 0.25) is 5.02 Å². The Morgan fingerprint density at radius 1 is 1.41 bits per heavy atom. The lowest BCUT2D eigenvalue weighted by Gasteiger charge is -2.53. The Hall–Kier alpha value is -0.530. The van der Waals surface area contributed by atoms with Crippen molar-refractivity contribution in [1.82, 2.24) is 5.32 Å². The first-order valence-corrected chi connectivity index (χ1v) is 6.92. The molecular formula is C15H22ClN. The molecule has 0 radical (unpaired) electrons. The summed E-state index contributed by atoms with van der Waals surface area (Å²) in [6, 6.07) is 8.97. The van der Waals surface area contributed by atoms with Crippen LogP contribution in [0.5, 0.6) is 0 Å². The fourth-order valence-electron chi connectivity index (χ4n) is 2.88.